The molecule has 4 rings (SSSR count). The lowest BCUT2D eigenvalue weighted by molar-refractivity contribution is -0.142. The second-order valence-electron chi connectivity index (χ2n) is 9.18. The zero-order chi connectivity index (χ0) is 23.2. The molecule has 0 atom stereocenters. The summed E-state index contributed by atoms with van der Waals surface area (Å²) in [5.41, 5.74) is 0.972. The second-order valence-corrected chi connectivity index (χ2v) is 9.18. The minimum Gasteiger partial charge on any atom is -0.507 e. The Morgan fingerprint density at radius 3 is 2.09 bits per heavy atom. The number of esters is 1. The van der Waals surface area contributed by atoms with Crippen molar-refractivity contribution in [2.75, 3.05) is 21.3 Å². The first-order chi connectivity index (χ1) is 15.2. The predicted octanol–water partition coefficient (Wildman–Crippen LogP) is 5.55. The van der Waals surface area contributed by atoms with E-state index < -0.39 is 5.41 Å². The first-order valence-electron chi connectivity index (χ1n) is 10.9. The van der Waals surface area contributed by atoms with Gasteiger partial charge < -0.3 is 24.1 Å². The molecule has 0 saturated carbocycles. The van der Waals surface area contributed by atoms with Crippen LogP contribution in [0.25, 0.3) is 21.5 Å². The lowest BCUT2D eigenvalue weighted by Crippen LogP contribution is -2.26. The number of hydrogen-bond acceptors (Lipinski definition) is 6. The van der Waals surface area contributed by atoms with Crippen LogP contribution in [0.5, 0.6) is 28.7 Å². The third-order valence-electron chi connectivity index (χ3n) is 6.13. The van der Waals surface area contributed by atoms with Crippen LogP contribution >= 0.6 is 0 Å². The van der Waals surface area contributed by atoms with Crippen molar-refractivity contribution in [1.82, 2.24) is 0 Å². The summed E-state index contributed by atoms with van der Waals surface area (Å²) >= 11 is 0. The van der Waals surface area contributed by atoms with Gasteiger partial charge in [0.25, 0.3) is 0 Å². The molecule has 0 radical (unpaired) electrons. The summed E-state index contributed by atoms with van der Waals surface area (Å²) in [6.07, 6.45) is 3.33. The van der Waals surface area contributed by atoms with E-state index in [1.165, 1.54) is 0 Å². The Labute approximate surface area is 188 Å². The summed E-state index contributed by atoms with van der Waals surface area (Å²) in [7, 11) is 4.73. The van der Waals surface area contributed by atoms with E-state index >= 15 is 0 Å². The largest absolute Gasteiger partial charge is 0.507 e. The Kier molecular flexibility index (Phi) is 5.57. The number of aromatic hydroxyl groups is 1. The number of carbonyl (C=O) groups excluding carboxylic acids is 1. The molecule has 1 aliphatic carbocycles. The molecule has 3 aromatic rings. The zero-order valence-corrected chi connectivity index (χ0v) is 19.5. The van der Waals surface area contributed by atoms with Gasteiger partial charge in [0.1, 0.15) is 28.7 Å². The highest BCUT2D eigenvalue weighted by atomic mass is 16.5. The standard InChI is InChI=1S/C26H30O6/c1-26(2,3)25(28)32-23-15-11-8-7-10-14(15)21(27)19-20(23)22(30-5)16-12-9-13-17(29-4)18(16)24(19)31-6/h9,12-13,27H,7-8,10-11H2,1-6H3. The number of methoxy groups -OCH3 is 3. The summed E-state index contributed by atoms with van der Waals surface area (Å²) in [5.74, 6) is 1.83. The number of carbonyl (C=O) groups is 1. The molecule has 0 saturated heterocycles. The molecule has 0 aromatic heterocycles. The zero-order valence-electron chi connectivity index (χ0n) is 19.5. The SMILES string of the molecule is COc1cccc2c(OC)c3c(OC(=O)C(C)(C)C)c4c(c(O)c3c(OC)c12)CCCC4. The van der Waals surface area contributed by atoms with E-state index in [9.17, 15) is 9.90 Å². The summed E-state index contributed by atoms with van der Waals surface area (Å²) in [4.78, 5) is 13.0. The third kappa shape index (κ3) is 3.29. The van der Waals surface area contributed by atoms with Crippen LogP contribution in [-0.4, -0.2) is 32.4 Å². The highest BCUT2D eigenvalue weighted by Crippen LogP contribution is 2.55. The van der Waals surface area contributed by atoms with E-state index in [-0.39, 0.29) is 11.7 Å². The molecule has 0 heterocycles. The Hall–Kier alpha value is -3.15. The lowest BCUT2D eigenvalue weighted by atomic mass is 9.85. The quantitative estimate of drug-likeness (QED) is 0.327. The Morgan fingerprint density at radius 1 is 0.844 bits per heavy atom. The second kappa shape index (κ2) is 8.08. The molecule has 0 unspecified atom stereocenters. The minimum absolute atomic E-state index is 0.146. The summed E-state index contributed by atoms with van der Waals surface area (Å²) in [6, 6.07) is 5.62. The normalized spacial score (nSPS) is 13.7. The third-order valence-corrected chi connectivity index (χ3v) is 6.13. The molecule has 1 N–H and O–H groups in total. The van der Waals surface area contributed by atoms with Crippen LogP contribution in [0, 0.1) is 5.41 Å². The van der Waals surface area contributed by atoms with Crippen molar-refractivity contribution in [2.24, 2.45) is 5.41 Å². The van der Waals surface area contributed by atoms with Crippen molar-refractivity contribution in [1.29, 1.82) is 0 Å². The van der Waals surface area contributed by atoms with E-state index in [0.717, 1.165) is 29.4 Å². The predicted molar refractivity (Wildman–Crippen MR) is 125 cm³/mol. The van der Waals surface area contributed by atoms with Crippen molar-refractivity contribution >= 4 is 27.5 Å². The first-order valence-corrected chi connectivity index (χ1v) is 10.9. The van der Waals surface area contributed by atoms with Crippen molar-refractivity contribution in [3.05, 3.63) is 29.3 Å². The topological polar surface area (TPSA) is 74.2 Å². The van der Waals surface area contributed by atoms with Gasteiger partial charge in [-0.05, 0) is 52.5 Å². The molecule has 3 aromatic carbocycles. The van der Waals surface area contributed by atoms with Crippen LogP contribution in [0.2, 0.25) is 0 Å². The Balaban J connectivity index is 2.25. The fourth-order valence-electron chi connectivity index (χ4n) is 4.55. The molecule has 0 fully saturated rings. The minimum atomic E-state index is -0.691. The number of hydrogen-bond donors (Lipinski definition) is 1. The van der Waals surface area contributed by atoms with Gasteiger partial charge >= 0.3 is 5.97 Å². The van der Waals surface area contributed by atoms with Crippen LogP contribution in [0.3, 0.4) is 0 Å². The van der Waals surface area contributed by atoms with Crippen molar-refractivity contribution < 1.29 is 28.8 Å². The van der Waals surface area contributed by atoms with Gasteiger partial charge in [-0.2, -0.15) is 0 Å². The molecule has 6 heteroatoms. The fourth-order valence-corrected chi connectivity index (χ4v) is 4.55. The number of ether oxygens (including phenoxy) is 4. The first kappa shape index (κ1) is 22.1. The van der Waals surface area contributed by atoms with Crippen LogP contribution in [0.15, 0.2) is 18.2 Å². The molecule has 0 bridgehead atoms. The molecule has 1 aliphatic rings. The van der Waals surface area contributed by atoms with Crippen molar-refractivity contribution in [2.45, 2.75) is 46.5 Å². The van der Waals surface area contributed by atoms with E-state index in [0.29, 0.717) is 52.0 Å². The molecule has 32 heavy (non-hydrogen) atoms. The lowest BCUT2D eigenvalue weighted by Gasteiger charge is -2.27. The highest BCUT2D eigenvalue weighted by Gasteiger charge is 2.33. The highest BCUT2D eigenvalue weighted by molar-refractivity contribution is 6.18. The molecule has 170 valence electrons. The van der Waals surface area contributed by atoms with E-state index in [1.807, 2.05) is 39.0 Å². The van der Waals surface area contributed by atoms with Gasteiger partial charge in [0.15, 0.2) is 0 Å². The molecule has 6 nitrogen and oxygen atoms in total. The maximum atomic E-state index is 13.0. The maximum Gasteiger partial charge on any atom is 0.316 e. The van der Waals surface area contributed by atoms with Crippen molar-refractivity contribution in [3.63, 3.8) is 0 Å². The van der Waals surface area contributed by atoms with Crippen LogP contribution in [0.1, 0.15) is 44.7 Å². The van der Waals surface area contributed by atoms with Crippen molar-refractivity contribution in [3.8, 4) is 28.7 Å². The molecule has 0 spiro atoms. The van der Waals surface area contributed by atoms with Gasteiger partial charge in [0, 0.05) is 16.5 Å². The van der Waals surface area contributed by atoms with E-state index in [1.54, 1.807) is 21.3 Å². The Morgan fingerprint density at radius 2 is 1.50 bits per heavy atom. The van der Waals surface area contributed by atoms with Gasteiger partial charge in [-0.3, -0.25) is 4.79 Å². The molecular weight excluding hydrogens is 408 g/mol. The number of benzene rings is 3. The molecule has 0 aliphatic heterocycles. The summed E-state index contributed by atoms with van der Waals surface area (Å²) in [5, 5.41) is 13.9. The molecular formula is C26H30O6. The molecule has 0 amide bonds. The monoisotopic (exact) mass is 438 g/mol. The number of phenolic OH excluding ortho intramolecular Hbond substituents is 1. The van der Waals surface area contributed by atoms with Gasteiger partial charge in [0.2, 0.25) is 0 Å². The smallest absolute Gasteiger partial charge is 0.316 e. The van der Waals surface area contributed by atoms with Gasteiger partial charge in [-0.15, -0.1) is 0 Å². The average molecular weight is 439 g/mol. The van der Waals surface area contributed by atoms with E-state index in [2.05, 4.69) is 0 Å². The summed E-state index contributed by atoms with van der Waals surface area (Å²) in [6.45, 7) is 5.47. The number of rotatable bonds is 4. The maximum absolute atomic E-state index is 13.0. The van der Waals surface area contributed by atoms with Crippen LogP contribution in [-0.2, 0) is 17.6 Å². The average Bonchev–Trinajstić information content (AvgIpc) is 2.78. The Bertz CT molecular complexity index is 1220. The van der Waals surface area contributed by atoms with Gasteiger partial charge in [-0.1, -0.05) is 12.1 Å². The number of phenols is 1. The van der Waals surface area contributed by atoms with E-state index in [4.69, 9.17) is 18.9 Å². The van der Waals surface area contributed by atoms with Gasteiger partial charge in [-0.25, -0.2) is 0 Å². The number of fused-ring (bicyclic) bond motifs is 3. The van der Waals surface area contributed by atoms with Crippen LogP contribution < -0.4 is 18.9 Å². The summed E-state index contributed by atoms with van der Waals surface area (Å²) < 4.78 is 23.4. The van der Waals surface area contributed by atoms with Gasteiger partial charge in [0.05, 0.1) is 42.9 Å². The van der Waals surface area contributed by atoms with Crippen LogP contribution in [0.4, 0.5) is 0 Å². The fraction of sp³-hybridized carbons (Fsp3) is 0.423.